The Kier molecular flexibility index (Phi) is 11.2. The number of carbonyl (C=O) groups excluding carboxylic acids is 2. The molecule has 1 aromatic carbocycles. The average Bonchev–Trinajstić information content (AvgIpc) is 3.32. The summed E-state index contributed by atoms with van der Waals surface area (Å²) in [6.07, 6.45) is 1.00. The van der Waals surface area contributed by atoms with Gasteiger partial charge in [-0.2, -0.15) is 0 Å². The van der Waals surface area contributed by atoms with Gasteiger partial charge in [-0.05, 0) is 48.6 Å². The van der Waals surface area contributed by atoms with E-state index in [0.29, 0.717) is 62.9 Å². The van der Waals surface area contributed by atoms with Crippen molar-refractivity contribution in [3.05, 3.63) is 47.4 Å². The predicted molar refractivity (Wildman–Crippen MR) is 150 cm³/mol. The molecule has 0 bridgehead atoms. The highest BCUT2D eigenvalue weighted by Crippen LogP contribution is 2.28. The third-order valence-corrected chi connectivity index (χ3v) is 6.76. The molecule has 2 aromatic rings. The highest BCUT2D eigenvalue weighted by atomic mass is 16.5. The first kappa shape index (κ1) is 30.5. The summed E-state index contributed by atoms with van der Waals surface area (Å²) in [5.74, 6) is 2.72. The first-order chi connectivity index (χ1) is 18.6. The second kappa shape index (κ2) is 14.4. The maximum atomic E-state index is 13.7. The molecule has 0 N–H and O–H groups in total. The molecule has 3 rings (SSSR count). The molecule has 39 heavy (non-hydrogen) atoms. The van der Waals surface area contributed by atoms with Crippen molar-refractivity contribution in [2.75, 3.05) is 66.7 Å². The molecule has 1 saturated heterocycles. The molecule has 2 heterocycles. The molecule has 0 aliphatic carbocycles. The normalized spacial score (nSPS) is 14.2. The van der Waals surface area contributed by atoms with Crippen LogP contribution in [0.4, 0.5) is 0 Å². The second-order valence-corrected chi connectivity index (χ2v) is 11.3. The Bertz CT molecular complexity index is 1070. The molecule has 216 valence electrons. The fourth-order valence-electron chi connectivity index (χ4n) is 4.56. The molecule has 0 atom stereocenters. The van der Waals surface area contributed by atoms with Gasteiger partial charge < -0.3 is 28.4 Å². The van der Waals surface area contributed by atoms with Crippen molar-refractivity contribution in [3.63, 3.8) is 0 Å². The number of furan rings is 1. The molecule has 2 amide bonds. The van der Waals surface area contributed by atoms with Crippen molar-refractivity contribution in [2.24, 2.45) is 5.41 Å². The number of morpholine rings is 1. The first-order valence-electron chi connectivity index (χ1n) is 13.7. The largest absolute Gasteiger partial charge is 0.493 e. The van der Waals surface area contributed by atoms with Gasteiger partial charge in [-0.1, -0.05) is 26.8 Å². The van der Waals surface area contributed by atoms with E-state index in [9.17, 15) is 9.59 Å². The highest BCUT2D eigenvalue weighted by molar-refractivity contribution is 5.85. The Morgan fingerprint density at radius 3 is 2.28 bits per heavy atom. The number of benzene rings is 1. The van der Waals surface area contributed by atoms with Crippen molar-refractivity contribution >= 4 is 11.8 Å². The quantitative estimate of drug-likeness (QED) is 0.380. The van der Waals surface area contributed by atoms with Crippen LogP contribution < -0.4 is 9.47 Å². The molecule has 0 unspecified atom stereocenters. The second-order valence-electron chi connectivity index (χ2n) is 11.3. The van der Waals surface area contributed by atoms with Gasteiger partial charge in [0, 0.05) is 39.1 Å². The van der Waals surface area contributed by atoms with Gasteiger partial charge in [0.15, 0.2) is 11.5 Å². The fourth-order valence-corrected chi connectivity index (χ4v) is 4.56. The van der Waals surface area contributed by atoms with Crippen LogP contribution >= 0.6 is 0 Å². The molecule has 1 aliphatic heterocycles. The van der Waals surface area contributed by atoms with Crippen molar-refractivity contribution in [1.29, 1.82) is 0 Å². The smallest absolute Gasteiger partial charge is 0.242 e. The molecule has 1 fully saturated rings. The van der Waals surface area contributed by atoms with Crippen LogP contribution in [0.15, 0.2) is 34.7 Å². The van der Waals surface area contributed by atoms with Gasteiger partial charge in [-0.25, -0.2) is 0 Å². The number of hydrogen-bond donors (Lipinski definition) is 0. The zero-order valence-electron chi connectivity index (χ0n) is 24.5. The minimum Gasteiger partial charge on any atom is -0.493 e. The Morgan fingerprint density at radius 2 is 1.67 bits per heavy atom. The van der Waals surface area contributed by atoms with Crippen LogP contribution in [0.25, 0.3) is 0 Å². The number of nitrogens with zero attached hydrogens (tertiary/aromatic N) is 3. The van der Waals surface area contributed by atoms with Gasteiger partial charge in [0.05, 0.1) is 40.5 Å². The van der Waals surface area contributed by atoms with Crippen LogP contribution in [0.2, 0.25) is 0 Å². The van der Waals surface area contributed by atoms with Crippen molar-refractivity contribution < 1.29 is 28.2 Å². The molecule has 9 heteroatoms. The first-order valence-corrected chi connectivity index (χ1v) is 13.7. The fraction of sp³-hybridized carbons (Fsp3) is 0.600. The Hall–Kier alpha value is -3.04. The Labute approximate surface area is 233 Å². The lowest BCUT2D eigenvalue weighted by molar-refractivity contribution is -0.142. The molecule has 0 radical (unpaired) electrons. The third-order valence-electron chi connectivity index (χ3n) is 6.76. The number of aryl methyl sites for hydroxylation is 1. The number of amides is 2. The lowest BCUT2D eigenvalue weighted by atomic mass is 9.91. The SMILES string of the molecule is COc1ccc(CCN(Cc2ccc(C)o2)C(=O)CN(CCN2CCOCC2)C(=O)CC(C)(C)C)cc1OC. The lowest BCUT2D eigenvalue weighted by Gasteiger charge is -2.32. The molecule has 1 aromatic heterocycles. The summed E-state index contributed by atoms with van der Waals surface area (Å²) in [6.45, 7) is 13.1. The average molecular weight is 544 g/mol. The molecule has 0 spiro atoms. The van der Waals surface area contributed by atoms with E-state index in [-0.39, 0.29) is 23.8 Å². The number of rotatable bonds is 13. The molecule has 1 aliphatic rings. The Balaban J connectivity index is 1.74. The predicted octanol–water partition coefficient (Wildman–Crippen LogP) is 3.77. The summed E-state index contributed by atoms with van der Waals surface area (Å²) in [5.41, 5.74) is 0.852. The Morgan fingerprint density at radius 1 is 0.949 bits per heavy atom. The van der Waals surface area contributed by atoms with E-state index in [0.717, 1.165) is 31.0 Å². The minimum atomic E-state index is -0.170. The van der Waals surface area contributed by atoms with Crippen LogP contribution in [-0.4, -0.2) is 93.2 Å². The van der Waals surface area contributed by atoms with Crippen LogP contribution in [0.5, 0.6) is 11.5 Å². The summed E-state index contributed by atoms with van der Waals surface area (Å²) in [6, 6.07) is 9.57. The van der Waals surface area contributed by atoms with Crippen LogP contribution in [0, 0.1) is 12.3 Å². The van der Waals surface area contributed by atoms with E-state index in [2.05, 4.69) is 4.90 Å². The number of ether oxygens (including phenoxy) is 3. The molecule has 9 nitrogen and oxygen atoms in total. The standard InChI is InChI=1S/C30H45N3O6/c1-23-7-9-25(39-23)21-32(12-11-24-8-10-26(36-5)27(19-24)37-6)29(35)22-33(28(34)20-30(2,3)4)14-13-31-15-17-38-18-16-31/h7-10,19H,11-18,20-22H2,1-6H3. The van der Waals surface area contributed by atoms with Gasteiger partial charge in [0.25, 0.3) is 0 Å². The zero-order chi connectivity index (χ0) is 28.4. The van der Waals surface area contributed by atoms with E-state index >= 15 is 0 Å². The highest BCUT2D eigenvalue weighted by Gasteiger charge is 2.26. The zero-order valence-corrected chi connectivity index (χ0v) is 24.5. The number of methoxy groups -OCH3 is 2. The topological polar surface area (TPSA) is 84.7 Å². The van der Waals surface area contributed by atoms with Crippen LogP contribution in [0.3, 0.4) is 0 Å². The number of hydrogen-bond acceptors (Lipinski definition) is 7. The third kappa shape index (κ3) is 9.89. The van der Waals surface area contributed by atoms with Crippen LogP contribution in [0.1, 0.15) is 44.3 Å². The van der Waals surface area contributed by atoms with Crippen LogP contribution in [-0.2, 0) is 27.3 Å². The van der Waals surface area contributed by atoms with Crippen molar-refractivity contribution in [2.45, 2.75) is 47.1 Å². The minimum absolute atomic E-state index is 0.00204. The van der Waals surface area contributed by atoms with E-state index in [1.165, 1.54) is 0 Å². The lowest BCUT2D eigenvalue weighted by Crippen LogP contribution is -2.48. The summed E-state index contributed by atoms with van der Waals surface area (Å²) < 4.78 is 22.1. The van der Waals surface area contributed by atoms with Gasteiger partial charge in [-0.3, -0.25) is 14.5 Å². The van der Waals surface area contributed by atoms with Crippen molar-refractivity contribution in [3.8, 4) is 11.5 Å². The van der Waals surface area contributed by atoms with Crippen molar-refractivity contribution in [1.82, 2.24) is 14.7 Å². The summed E-state index contributed by atoms with van der Waals surface area (Å²) >= 11 is 0. The number of carbonyl (C=O) groups is 2. The van der Waals surface area contributed by atoms with E-state index in [1.807, 2.05) is 58.0 Å². The van der Waals surface area contributed by atoms with E-state index < -0.39 is 0 Å². The van der Waals surface area contributed by atoms with Gasteiger partial charge >= 0.3 is 0 Å². The molecular weight excluding hydrogens is 498 g/mol. The summed E-state index contributed by atoms with van der Waals surface area (Å²) in [7, 11) is 3.21. The summed E-state index contributed by atoms with van der Waals surface area (Å²) in [5, 5.41) is 0. The van der Waals surface area contributed by atoms with E-state index in [1.54, 1.807) is 24.0 Å². The monoisotopic (exact) mass is 543 g/mol. The van der Waals surface area contributed by atoms with Gasteiger partial charge in [0.2, 0.25) is 11.8 Å². The molecule has 0 saturated carbocycles. The van der Waals surface area contributed by atoms with E-state index in [4.69, 9.17) is 18.6 Å². The maximum Gasteiger partial charge on any atom is 0.242 e. The molecular formula is C30H45N3O6. The summed E-state index contributed by atoms with van der Waals surface area (Å²) in [4.78, 5) is 32.9. The van der Waals surface area contributed by atoms with Gasteiger partial charge in [-0.15, -0.1) is 0 Å². The van der Waals surface area contributed by atoms with Gasteiger partial charge in [0.1, 0.15) is 11.5 Å². The maximum absolute atomic E-state index is 13.7.